The summed E-state index contributed by atoms with van der Waals surface area (Å²) in [5.41, 5.74) is 6.21. The van der Waals surface area contributed by atoms with Gasteiger partial charge in [-0.1, -0.05) is 41.4 Å². The second kappa shape index (κ2) is 5.70. The maximum atomic E-state index is 6.21. The number of nitrogens with zero attached hydrogens (tertiary/aromatic N) is 2. The lowest BCUT2D eigenvalue weighted by Gasteiger charge is -2.37. The maximum Gasteiger partial charge on any atom is 0.136 e. The average Bonchev–Trinajstić information content (AvgIpc) is 2.48. The van der Waals surface area contributed by atoms with Gasteiger partial charge in [-0.3, -0.25) is 0 Å². The molecule has 1 aromatic carbocycles. The fraction of sp³-hybridized carbons (Fsp3) is 0.438. The molecule has 2 aromatic rings. The van der Waals surface area contributed by atoms with Crippen LogP contribution in [0, 0.1) is 5.92 Å². The monoisotopic (exact) mass is 333 g/mol. The number of nitrogens with two attached hydrogens (primary N) is 1. The molecule has 1 saturated heterocycles. The summed E-state index contributed by atoms with van der Waals surface area (Å²) < 4.78 is 1.12. The summed E-state index contributed by atoms with van der Waals surface area (Å²) in [6, 6.07) is 8.70. The molecule has 0 amide bonds. The van der Waals surface area contributed by atoms with Gasteiger partial charge in [0, 0.05) is 40.6 Å². The molecule has 1 fully saturated rings. The predicted octanol–water partition coefficient (Wildman–Crippen LogP) is 3.56. The van der Waals surface area contributed by atoms with Crippen molar-refractivity contribution >= 4 is 32.5 Å². The van der Waals surface area contributed by atoms with Crippen molar-refractivity contribution in [2.75, 3.05) is 18.0 Å². The molecule has 1 aliphatic rings. The molecule has 3 rings (SSSR count). The number of halogens is 1. The molecule has 20 heavy (non-hydrogen) atoms. The normalized spacial score (nSPS) is 23.2. The molecular weight excluding hydrogens is 314 g/mol. The Balaban J connectivity index is 2.00. The quantitative estimate of drug-likeness (QED) is 0.913. The Bertz CT molecular complexity index is 614. The van der Waals surface area contributed by atoms with Crippen LogP contribution in [0.1, 0.15) is 19.8 Å². The minimum Gasteiger partial charge on any atom is -0.356 e. The lowest BCUT2D eigenvalue weighted by atomic mass is 9.90. The Morgan fingerprint density at radius 3 is 3.00 bits per heavy atom. The molecule has 0 aliphatic carbocycles. The van der Waals surface area contributed by atoms with Crippen molar-refractivity contribution in [1.82, 2.24) is 4.98 Å². The molecule has 106 valence electrons. The minimum absolute atomic E-state index is 0.331. The van der Waals surface area contributed by atoms with E-state index >= 15 is 0 Å². The molecule has 0 spiro atoms. The lowest BCUT2D eigenvalue weighted by molar-refractivity contribution is 0.347. The number of hydrogen-bond acceptors (Lipinski definition) is 3. The van der Waals surface area contributed by atoms with Crippen LogP contribution < -0.4 is 10.6 Å². The lowest BCUT2D eigenvalue weighted by Crippen LogP contribution is -2.47. The summed E-state index contributed by atoms with van der Waals surface area (Å²) >= 11 is 3.62. The van der Waals surface area contributed by atoms with Gasteiger partial charge >= 0.3 is 0 Å². The summed E-state index contributed by atoms with van der Waals surface area (Å²) in [6.07, 6.45) is 4.08. The first-order valence-electron chi connectivity index (χ1n) is 7.24. The second-order valence-corrected chi connectivity index (χ2v) is 6.39. The molecule has 1 aromatic heterocycles. The Kier molecular flexibility index (Phi) is 3.94. The molecule has 0 radical (unpaired) electrons. The van der Waals surface area contributed by atoms with Crippen LogP contribution in [0.15, 0.2) is 34.9 Å². The van der Waals surface area contributed by atoms with Gasteiger partial charge < -0.3 is 10.6 Å². The SMILES string of the molecule is CCC1CN(c2nccc3c(Br)cccc23)CCC1N. The first-order valence-corrected chi connectivity index (χ1v) is 8.03. The fourth-order valence-corrected chi connectivity index (χ4v) is 3.58. The van der Waals surface area contributed by atoms with Crippen molar-refractivity contribution in [1.29, 1.82) is 0 Å². The fourth-order valence-electron chi connectivity index (χ4n) is 3.08. The van der Waals surface area contributed by atoms with Crippen molar-refractivity contribution in [2.24, 2.45) is 11.7 Å². The molecule has 0 bridgehead atoms. The van der Waals surface area contributed by atoms with Crippen LogP contribution in [0.25, 0.3) is 10.8 Å². The average molecular weight is 334 g/mol. The largest absolute Gasteiger partial charge is 0.356 e. The molecule has 2 atom stereocenters. The molecule has 3 nitrogen and oxygen atoms in total. The van der Waals surface area contributed by atoms with Crippen LogP contribution in [-0.4, -0.2) is 24.1 Å². The van der Waals surface area contributed by atoms with E-state index in [4.69, 9.17) is 5.73 Å². The predicted molar refractivity (Wildman–Crippen MR) is 88.0 cm³/mol. The summed E-state index contributed by atoms with van der Waals surface area (Å²) in [7, 11) is 0. The van der Waals surface area contributed by atoms with E-state index in [0.29, 0.717) is 12.0 Å². The van der Waals surface area contributed by atoms with Crippen LogP contribution >= 0.6 is 15.9 Å². The zero-order chi connectivity index (χ0) is 14.1. The first-order chi connectivity index (χ1) is 9.70. The minimum atomic E-state index is 0.331. The molecule has 4 heteroatoms. The highest BCUT2D eigenvalue weighted by atomic mass is 79.9. The van der Waals surface area contributed by atoms with Gasteiger partial charge in [0.2, 0.25) is 0 Å². The number of benzene rings is 1. The third-order valence-corrected chi connectivity index (χ3v) is 5.04. The van der Waals surface area contributed by atoms with E-state index in [0.717, 1.165) is 36.2 Å². The van der Waals surface area contributed by atoms with Gasteiger partial charge in [0.25, 0.3) is 0 Å². The van der Waals surface area contributed by atoms with E-state index in [1.807, 2.05) is 6.20 Å². The topological polar surface area (TPSA) is 42.2 Å². The van der Waals surface area contributed by atoms with Crippen molar-refractivity contribution in [3.8, 4) is 0 Å². The molecule has 0 saturated carbocycles. The molecule has 2 heterocycles. The van der Waals surface area contributed by atoms with Crippen LogP contribution in [0.3, 0.4) is 0 Å². The molecule has 2 N–H and O–H groups in total. The smallest absolute Gasteiger partial charge is 0.136 e. The van der Waals surface area contributed by atoms with Gasteiger partial charge in [-0.05, 0) is 24.5 Å². The van der Waals surface area contributed by atoms with E-state index in [1.165, 1.54) is 10.8 Å². The van der Waals surface area contributed by atoms with Gasteiger partial charge in [0.1, 0.15) is 5.82 Å². The van der Waals surface area contributed by atoms with Gasteiger partial charge in [-0.2, -0.15) is 0 Å². The Morgan fingerprint density at radius 2 is 2.20 bits per heavy atom. The van der Waals surface area contributed by atoms with Crippen molar-refractivity contribution in [2.45, 2.75) is 25.8 Å². The van der Waals surface area contributed by atoms with Crippen molar-refractivity contribution in [3.63, 3.8) is 0 Å². The summed E-state index contributed by atoms with van der Waals surface area (Å²) in [5.74, 6) is 1.65. The van der Waals surface area contributed by atoms with Crippen molar-refractivity contribution in [3.05, 3.63) is 34.9 Å². The number of piperidine rings is 1. The van der Waals surface area contributed by atoms with E-state index in [1.54, 1.807) is 0 Å². The maximum absolute atomic E-state index is 6.21. The summed E-state index contributed by atoms with van der Waals surface area (Å²) in [4.78, 5) is 7.02. The van der Waals surface area contributed by atoms with Crippen LogP contribution in [-0.2, 0) is 0 Å². The number of rotatable bonds is 2. The van der Waals surface area contributed by atoms with E-state index in [9.17, 15) is 0 Å². The van der Waals surface area contributed by atoms with Crippen LogP contribution in [0.4, 0.5) is 5.82 Å². The standard InChI is InChI=1S/C16H20BrN3/c1-2-11-10-20(9-7-15(11)18)16-13-4-3-5-14(17)12(13)6-8-19-16/h3-6,8,11,15H,2,7,9-10,18H2,1H3. The summed E-state index contributed by atoms with van der Waals surface area (Å²) in [5, 5.41) is 2.44. The molecular formula is C16H20BrN3. The van der Waals surface area contributed by atoms with Gasteiger partial charge in [-0.25, -0.2) is 4.98 Å². The number of hydrogen-bond donors (Lipinski definition) is 1. The third-order valence-electron chi connectivity index (χ3n) is 4.35. The van der Waals surface area contributed by atoms with Crippen LogP contribution in [0.2, 0.25) is 0 Å². The highest BCUT2D eigenvalue weighted by Crippen LogP contribution is 2.32. The van der Waals surface area contributed by atoms with Gasteiger partial charge in [0.05, 0.1) is 0 Å². The first kappa shape index (κ1) is 13.8. The van der Waals surface area contributed by atoms with E-state index < -0.39 is 0 Å². The van der Waals surface area contributed by atoms with E-state index in [2.05, 4.69) is 57.0 Å². The molecule has 1 aliphatic heterocycles. The Morgan fingerprint density at radius 1 is 1.35 bits per heavy atom. The third kappa shape index (κ3) is 2.42. The highest BCUT2D eigenvalue weighted by Gasteiger charge is 2.26. The zero-order valence-corrected chi connectivity index (χ0v) is 13.3. The van der Waals surface area contributed by atoms with Gasteiger partial charge in [-0.15, -0.1) is 0 Å². The second-order valence-electron chi connectivity index (χ2n) is 5.54. The zero-order valence-electron chi connectivity index (χ0n) is 11.7. The molecule has 2 unspecified atom stereocenters. The van der Waals surface area contributed by atoms with Crippen molar-refractivity contribution < 1.29 is 0 Å². The Hall–Kier alpha value is -1.13. The number of anilines is 1. The highest BCUT2D eigenvalue weighted by molar-refractivity contribution is 9.10. The van der Waals surface area contributed by atoms with E-state index in [-0.39, 0.29) is 0 Å². The number of fused-ring (bicyclic) bond motifs is 1. The van der Waals surface area contributed by atoms with Gasteiger partial charge in [0.15, 0.2) is 0 Å². The number of aromatic nitrogens is 1. The number of pyridine rings is 1. The Labute approximate surface area is 128 Å². The summed E-state index contributed by atoms with van der Waals surface area (Å²) in [6.45, 7) is 4.23. The van der Waals surface area contributed by atoms with Crippen LogP contribution in [0.5, 0.6) is 0 Å².